The molecule has 2 saturated heterocycles. The van der Waals surface area contributed by atoms with E-state index in [-0.39, 0.29) is 5.91 Å². The molecule has 2 aliphatic heterocycles. The number of quaternary nitrogens is 1. The van der Waals surface area contributed by atoms with Crippen LogP contribution in [0.1, 0.15) is 23.2 Å². The van der Waals surface area contributed by atoms with Gasteiger partial charge in [0.05, 0.1) is 57.7 Å². The largest absolute Gasteiger partial charge is 0.496 e. The third-order valence-electron chi connectivity index (χ3n) is 6.53. The lowest BCUT2D eigenvalue weighted by molar-refractivity contribution is -0.927. The molecule has 1 N–H and O–H groups in total. The van der Waals surface area contributed by atoms with Gasteiger partial charge in [-0.05, 0) is 24.3 Å². The Kier molecular flexibility index (Phi) is 6.43. The van der Waals surface area contributed by atoms with E-state index in [1.54, 1.807) is 19.1 Å². The first-order valence-corrected chi connectivity index (χ1v) is 10.9. The van der Waals surface area contributed by atoms with Crippen LogP contribution in [0.4, 0.5) is 5.69 Å². The predicted octanol–water partition coefficient (Wildman–Crippen LogP) is 1.71. The topological polar surface area (TPSA) is 46.5 Å². The molecule has 0 bridgehead atoms. The molecule has 0 spiro atoms. The number of hydrogen-bond acceptors (Lipinski definition) is 4. The molecule has 2 aliphatic rings. The van der Waals surface area contributed by atoms with Crippen LogP contribution in [0.3, 0.4) is 0 Å². The number of amides is 1. The minimum atomic E-state index is 0.0851. The van der Waals surface area contributed by atoms with Crippen molar-refractivity contribution < 1.29 is 19.2 Å². The summed E-state index contributed by atoms with van der Waals surface area (Å²) in [6.45, 7) is 5.97. The van der Waals surface area contributed by atoms with Crippen molar-refractivity contribution in [2.24, 2.45) is 0 Å². The maximum Gasteiger partial charge on any atom is 0.257 e. The second-order valence-corrected chi connectivity index (χ2v) is 8.08. The summed E-state index contributed by atoms with van der Waals surface area (Å²) >= 11 is 0. The molecule has 6 heteroatoms. The van der Waals surface area contributed by atoms with E-state index in [1.807, 2.05) is 41.3 Å². The Hall–Kier alpha value is -2.73. The summed E-state index contributed by atoms with van der Waals surface area (Å²) in [6.07, 6.45) is 2.12. The van der Waals surface area contributed by atoms with Gasteiger partial charge < -0.3 is 24.2 Å². The number of ether oxygens (including phenoxy) is 2. The van der Waals surface area contributed by atoms with Gasteiger partial charge in [-0.2, -0.15) is 0 Å². The van der Waals surface area contributed by atoms with Crippen molar-refractivity contribution >= 4 is 11.6 Å². The number of carbonyl (C=O) groups is 1. The average Bonchev–Trinajstić information content (AvgIpc) is 2.83. The third-order valence-corrected chi connectivity index (χ3v) is 6.53. The fraction of sp³-hybridized carbons (Fsp3) is 0.458. The molecule has 0 aromatic heterocycles. The van der Waals surface area contributed by atoms with Gasteiger partial charge in [0.15, 0.2) is 0 Å². The minimum absolute atomic E-state index is 0.0851. The fourth-order valence-corrected chi connectivity index (χ4v) is 4.82. The van der Waals surface area contributed by atoms with Crippen molar-refractivity contribution in [3.8, 4) is 11.5 Å². The highest BCUT2D eigenvalue weighted by molar-refractivity contribution is 5.97. The zero-order valence-corrected chi connectivity index (χ0v) is 18.0. The predicted molar refractivity (Wildman–Crippen MR) is 118 cm³/mol. The zero-order chi connectivity index (χ0) is 20.9. The lowest BCUT2D eigenvalue weighted by Gasteiger charge is -2.41. The van der Waals surface area contributed by atoms with Crippen molar-refractivity contribution in [2.75, 3.05) is 58.4 Å². The highest BCUT2D eigenvalue weighted by Gasteiger charge is 2.33. The fourth-order valence-electron chi connectivity index (χ4n) is 4.82. The molecule has 2 heterocycles. The van der Waals surface area contributed by atoms with Crippen LogP contribution in [-0.2, 0) is 0 Å². The number of rotatable bonds is 5. The number of piperidine rings is 1. The monoisotopic (exact) mass is 410 g/mol. The summed E-state index contributed by atoms with van der Waals surface area (Å²) in [5.74, 6) is 1.69. The normalized spacial score (nSPS) is 18.3. The first kappa shape index (κ1) is 20.5. The van der Waals surface area contributed by atoms with Crippen molar-refractivity contribution in [1.29, 1.82) is 0 Å². The number of likely N-dealkylation sites (tertiary alicyclic amines) is 1. The van der Waals surface area contributed by atoms with E-state index in [1.165, 1.54) is 5.69 Å². The van der Waals surface area contributed by atoms with Gasteiger partial charge >= 0.3 is 0 Å². The van der Waals surface area contributed by atoms with Crippen molar-refractivity contribution in [2.45, 2.75) is 18.9 Å². The number of nitrogens with zero attached hydrogens (tertiary/aromatic N) is 2. The van der Waals surface area contributed by atoms with E-state index in [4.69, 9.17) is 9.47 Å². The number of benzene rings is 2. The Labute approximate surface area is 179 Å². The number of hydrogen-bond donors (Lipinski definition) is 1. The molecule has 0 atom stereocenters. The maximum atomic E-state index is 12.9. The van der Waals surface area contributed by atoms with Gasteiger partial charge in [0.2, 0.25) is 0 Å². The van der Waals surface area contributed by atoms with Gasteiger partial charge in [0.1, 0.15) is 11.5 Å². The lowest BCUT2D eigenvalue weighted by atomic mass is 10.0. The molecular formula is C24H32N3O3+. The molecule has 0 saturated carbocycles. The number of nitrogens with one attached hydrogen (secondary N) is 1. The number of piperazine rings is 1. The van der Waals surface area contributed by atoms with Gasteiger partial charge in [-0.3, -0.25) is 4.79 Å². The van der Waals surface area contributed by atoms with E-state index in [2.05, 4.69) is 17.0 Å². The van der Waals surface area contributed by atoms with Crippen molar-refractivity contribution in [3.05, 3.63) is 54.1 Å². The summed E-state index contributed by atoms with van der Waals surface area (Å²) < 4.78 is 10.9. The molecule has 0 aliphatic carbocycles. The molecule has 2 aromatic carbocycles. The first-order valence-electron chi connectivity index (χ1n) is 10.9. The molecule has 160 valence electrons. The molecule has 2 fully saturated rings. The number of carbonyl (C=O) groups excluding carboxylic acids is 1. The number of methoxy groups -OCH3 is 2. The highest BCUT2D eigenvalue weighted by atomic mass is 16.5. The van der Waals surface area contributed by atoms with Crippen molar-refractivity contribution in [1.82, 2.24) is 4.90 Å². The van der Waals surface area contributed by atoms with Gasteiger partial charge in [-0.1, -0.05) is 24.3 Å². The summed E-state index contributed by atoms with van der Waals surface area (Å²) in [4.78, 5) is 19.0. The van der Waals surface area contributed by atoms with Gasteiger partial charge in [0.25, 0.3) is 5.91 Å². The van der Waals surface area contributed by atoms with Crippen LogP contribution >= 0.6 is 0 Å². The van der Waals surface area contributed by atoms with Gasteiger partial charge in [0, 0.05) is 25.9 Å². The summed E-state index contributed by atoms with van der Waals surface area (Å²) in [7, 11) is 3.35. The Morgan fingerprint density at radius 3 is 2.13 bits per heavy atom. The summed E-state index contributed by atoms with van der Waals surface area (Å²) in [5.41, 5.74) is 1.85. The Morgan fingerprint density at radius 1 is 0.867 bits per heavy atom. The van der Waals surface area contributed by atoms with Gasteiger partial charge in [-0.15, -0.1) is 0 Å². The van der Waals surface area contributed by atoms with Gasteiger partial charge in [-0.25, -0.2) is 0 Å². The molecule has 30 heavy (non-hydrogen) atoms. The lowest BCUT2D eigenvalue weighted by Crippen LogP contribution is -3.18. The minimum Gasteiger partial charge on any atom is -0.496 e. The van der Waals surface area contributed by atoms with Crippen LogP contribution in [-0.4, -0.2) is 70.3 Å². The summed E-state index contributed by atoms with van der Waals surface area (Å²) in [5, 5.41) is 0. The Bertz CT molecular complexity index is 856. The van der Waals surface area contributed by atoms with Crippen LogP contribution in [0.5, 0.6) is 11.5 Å². The second-order valence-electron chi connectivity index (χ2n) is 8.08. The van der Waals surface area contributed by atoms with Crippen LogP contribution in [0.2, 0.25) is 0 Å². The van der Waals surface area contributed by atoms with E-state index >= 15 is 0 Å². The smallest absolute Gasteiger partial charge is 0.257 e. The van der Waals surface area contributed by atoms with E-state index < -0.39 is 0 Å². The third kappa shape index (κ3) is 4.24. The molecular weight excluding hydrogens is 378 g/mol. The van der Waals surface area contributed by atoms with Crippen LogP contribution in [0, 0.1) is 0 Å². The molecule has 1 amide bonds. The van der Waals surface area contributed by atoms with Crippen LogP contribution < -0.4 is 19.3 Å². The molecule has 6 nitrogen and oxygen atoms in total. The standard InChI is InChI=1S/C24H31N3O3/c1-29-22-9-5-3-7-20(22)24(28)27-13-11-19(12-14-27)25-15-17-26(18-16-25)21-8-4-6-10-23(21)30-2/h3-10,19H,11-18H2,1-2H3/p+1. The molecule has 0 unspecified atom stereocenters. The Balaban J connectivity index is 1.31. The molecule has 0 radical (unpaired) electrons. The maximum absolute atomic E-state index is 12.9. The van der Waals surface area contributed by atoms with E-state index in [0.717, 1.165) is 57.9 Å². The Morgan fingerprint density at radius 2 is 1.47 bits per heavy atom. The quantitative estimate of drug-likeness (QED) is 0.815. The van der Waals surface area contributed by atoms with Crippen molar-refractivity contribution in [3.63, 3.8) is 0 Å². The summed E-state index contributed by atoms with van der Waals surface area (Å²) in [6, 6.07) is 16.4. The number of para-hydroxylation sites is 3. The van der Waals surface area contributed by atoms with Crippen LogP contribution in [0.25, 0.3) is 0 Å². The SMILES string of the molecule is COc1ccccc1C(=O)N1CCC([NH+]2CCN(c3ccccc3OC)CC2)CC1. The van der Waals surface area contributed by atoms with E-state index in [9.17, 15) is 4.79 Å². The number of anilines is 1. The highest BCUT2D eigenvalue weighted by Crippen LogP contribution is 2.27. The van der Waals surface area contributed by atoms with Crippen LogP contribution in [0.15, 0.2) is 48.5 Å². The first-order chi connectivity index (χ1) is 14.7. The molecule has 4 rings (SSSR count). The molecule has 2 aromatic rings. The van der Waals surface area contributed by atoms with E-state index in [0.29, 0.717) is 17.4 Å². The second kappa shape index (κ2) is 9.39. The zero-order valence-electron chi connectivity index (χ0n) is 18.0. The average molecular weight is 411 g/mol.